The predicted octanol–water partition coefficient (Wildman–Crippen LogP) is -0.977. The molecule has 0 fully saturated rings. The zero-order valence-corrected chi connectivity index (χ0v) is 13.5. The van der Waals surface area contributed by atoms with E-state index in [4.69, 9.17) is 5.11 Å². The number of nitrogens with one attached hydrogen (secondary N) is 1. The van der Waals surface area contributed by atoms with Gasteiger partial charge in [0.15, 0.2) is 6.04 Å². The van der Waals surface area contributed by atoms with E-state index in [1.54, 1.807) is 6.92 Å². The van der Waals surface area contributed by atoms with Gasteiger partial charge < -0.3 is 25.2 Å². The number of rotatable bonds is 11. The minimum atomic E-state index is -4.65. The Balaban J connectivity index is 4.26. The van der Waals surface area contributed by atoms with Crippen LogP contribution in [0.15, 0.2) is 0 Å². The average Bonchev–Trinajstić information content (AvgIpc) is 2.46. The Bertz CT molecular complexity index is 468. The van der Waals surface area contributed by atoms with Crippen LogP contribution in [0.5, 0.6) is 0 Å². The van der Waals surface area contributed by atoms with Gasteiger partial charge in [0.25, 0.3) is 0 Å². The van der Waals surface area contributed by atoms with Crippen LogP contribution in [0, 0.1) is 0 Å². The van der Waals surface area contributed by atoms with Crippen molar-refractivity contribution in [1.82, 2.24) is 5.32 Å². The first-order chi connectivity index (χ1) is 10.6. The van der Waals surface area contributed by atoms with Crippen molar-refractivity contribution < 1.29 is 47.8 Å². The lowest BCUT2D eigenvalue weighted by Crippen LogP contribution is -2.42. The van der Waals surface area contributed by atoms with Crippen molar-refractivity contribution >= 4 is 25.7 Å². The smallest absolute Gasteiger partial charge is 0.472 e. The molecule has 0 radical (unpaired) electrons. The average molecular weight is 357 g/mol. The molecule has 3 unspecified atom stereocenters. The Labute approximate surface area is 132 Å². The fourth-order valence-electron chi connectivity index (χ4n) is 1.15. The molecule has 0 saturated carbocycles. The molecule has 0 saturated heterocycles. The highest BCUT2D eigenvalue weighted by Gasteiger charge is 2.28. The molecule has 0 aliphatic heterocycles. The highest BCUT2D eigenvalue weighted by molar-refractivity contribution is 7.47. The molecule has 0 bridgehead atoms. The van der Waals surface area contributed by atoms with Gasteiger partial charge in [-0.25, -0.2) is 9.36 Å². The van der Waals surface area contributed by atoms with Crippen molar-refractivity contribution in [2.45, 2.75) is 32.4 Å². The third kappa shape index (κ3) is 10.8. The molecular weight excluding hydrogens is 337 g/mol. The number of aliphatic carboxylic acids is 1. The molecule has 0 aromatic carbocycles. The number of hydrogen-bond donors (Lipinski definition) is 4. The molecule has 23 heavy (non-hydrogen) atoms. The van der Waals surface area contributed by atoms with Gasteiger partial charge >= 0.3 is 19.8 Å². The molecule has 4 N–H and O–H groups in total. The van der Waals surface area contributed by atoms with Crippen LogP contribution in [-0.2, 0) is 32.7 Å². The SMILES string of the molecule is CCC(=O)OCC(O)COP(=O)(O)OCC(NC(C)=O)C(=O)O. The fraction of sp³-hybridized carbons (Fsp3) is 0.727. The molecule has 134 valence electrons. The molecule has 0 aromatic heterocycles. The van der Waals surface area contributed by atoms with E-state index in [0.29, 0.717) is 0 Å². The number of hydrogen-bond acceptors (Lipinski definition) is 8. The molecule has 1 amide bonds. The summed E-state index contributed by atoms with van der Waals surface area (Å²) in [6, 6.07) is -1.54. The summed E-state index contributed by atoms with van der Waals surface area (Å²) in [7, 11) is -4.65. The summed E-state index contributed by atoms with van der Waals surface area (Å²) in [5.41, 5.74) is 0. The van der Waals surface area contributed by atoms with Gasteiger partial charge in [-0.3, -0.25) is 18.6 Å². The van der Waals surface area contributed by atoms with E-state index in [-0.39, 0.29) is 6.42 Å². The standard InChI is InChI=1S/C11H20NO10P/c1-3-10(15)20-4-8(14)5-21-23(18,19)22-6-9(11(16)17)12-7(2)13/h8-9,14H,3-6H2,1-2H3,(H,12,13)(H,16,17)(H,18,19). The quantitative estimate of drug-likeness (QED) is 0.266. The van der Waals surface area contributed by atoms with E-state index < -0.39 is 57.6 Å². The van der Waals surface area contributed by atoms with E-state index in [9.17, 15) is 28.9 Å². The number of ether oxygens (including phenoxy) is 1. The lowest BCUT2D eigenvalue weighted by Gasteiger charge is -2.18. The maximum Gasteiger partial charge on any atom is 0.472 e. The minimum absolute atomic E-state index is 0.106. The second-order valence-corrected chi connectivity index (χ2v) is 5.80. The first-order valence-corrected chi connectivity index (χ1v) is 8.02. The van der Waals surface area contributed by atoms with Crippen LogP contribution in [0.2, 0.25) is 0 Å². The number of phosphoric ester groups is 1. The first kappa shape index (κ1) is 21.5. The molecule has 0 aliphatic carbocycles. The summed E-state index contributed by atoms with van der Waals surface area (Å²) in [6.45, 7) is 0.691. The predicted molar refractivity (Wildman–Crippen MR) is 74.2 cm³/mol. The highest BCUT2D eigenvalue weighted by atomic mass is 31.2. The minimum Gasteiger partial charge on any atom is -0.480 e. The number of amides is 1. The zero-order chi connectivity index (χ0) is 18.0. The summed E-state index contributed by atoms with van der Waals surface area (Å²) in [5, 5.41) is 20.2. The van der Waals surface area contributed by atoms with Gasteiger partial charge in [0, 0.05) is 13.3 Å². The number of carboxylic acid groups (broad SMARTS) is 1. The number of esters is 1. The number of carbonyl (C=O) groups is 3. The van der Waals surface area contributed by atoms with Crippen LogP contribution >= 0.6 is 7.82 Å². The number of aliphatic hydroxyl groups excluding tert-OH is 1. The Morgan fingerprint density at radius 1 is 1.17 bits per heavy atom. The van der Waals surface area contributed by atoms with Crippen molar-refractivity contribution in [1.29, 1.82) is 0 Å². The van der Waals surface area contributed by atoms with Gasteiger partial charge in [-0.15, -0.1) is 0 Å². The molecule has 0 heterocycles. The van der Waals surface area contributed by atoms with Gasteiger partial charge in [0.1, 0.15) is 12.7 Å². The van der Waals surface area contributed by atoms with E-state index in [0.717, 1.165) is 6.92 Å². The molecule has 12 heteroatoms. The summed E-state index contributed by atoms with van der Waals surface area (Å²) < 4.78 is 25.0. The highest BCUT2D eigenvalue weighted by Crippen LogP contribution is 2.43. The van der Waals surface area contributed by atoms with Gasteiger partial charge in [0.2, 0.25) is 5.91 Å². The number of phosphoric acid groups is 1. The lowest BCUT2D eigenvalue weighted by atomic mass is 10.3. The number of carbonyl (C=O) groups excluding carboxylic acids is 2. The maximum absolute atomic E-state index is 11.5. The summed E-state index contributed by atoms with van der Waals surface area (Å²) >= 11 is 0. The Kier molecular flexibility index (Phi) is 9.61. The summed E-state index contributed by atoms with van der Waals surface area (Å²) in [6.07, 6.45) is -1.25. The maximum atomic E-state index is 11.5. The summed E-state index contributed by atoms with van der Waals surface area (Å²) in [5.74, 6) is -2.69. The van der Waals surface area contributed by atoms with Crippen molar-refractivity contribution in [3.05, 3.63) is 0 Å². The number of carboxylic acids is 1. The first-order valence-electron chi connectivity index (χ1n) is 6.52. The van der Waals surface area contributed by atoms with Gasteiger partial charge in [-0.05, 0) is 0 Å². The van der Waals surface area contributed by atoms with Crippen molar-refractivity contribution in [3.8, 4) is 0 Å². The Morgan fingerprint density at radius 2 is 1.74 bits per heavy atom. The normalized spacial score (nSPS) is 16.0. The lowest BCUT2D eigenvalue weighted by molar-refractivity contribution is -0.146. The van der Waals surface area contributed by atoms with Gasteiger partial charge in [-0.2, -0.15) is 0 Å². The van der Waals surface area contributed by atoms with E-state index in [1.165, 1.54) is 0 Å². The van der Waals surface area contributed by atoms with Crippen molar-refractivity contribution in [3.63, 3.8) is 0 Å². The Hall–Kier alpha value is -1.52. The van der Waals surface area contributed by atoms with Crippen LogP contribution < -0.4 is 5.32 Å². The van der Waals surface area contributed by atoms with E-state index >= 15 is 0 Å². The van der Waals surface area contributed by atoms with Crippen LogP contribution in [0.4, 0.5) is 0 Å². The topological polar surface area (TPSA) is 169 Å². The third-order valence-corrected chi connectivity index (χ3v) is 3.19. The molecule has 11 nitrogen and oxygen atoms in total. The largest absolute Gasteiger partial charge is 0.480 e. The van der Waals surface area contributed by atoms with Gasteiger partial charge in [0.05, 0.1) is 13.2 Å². The van der Waals surface area contributed by atoms with Crippen LogP contribution in [0.3, 0.4) is 0 Å². The fourth-order valence-corrected chi connectivity index (χ4v) is 1.92. The second-order valence-electron chi connectivity index (χ2n) is 4.34. The molecule has 0 aliphatic rings. The van der Waals surface area contributed by atoms with E-state index in [1.807, 2.05) is 5.32 Å². The van der Waals surface area contributed by atoms with Crippen molar-refractivity contribution in [2.75, 3.05) is 19.8 Å². The molecule has 0 rings (SSSR count). The van der Waals surface area contributed by atoms with E-state index in [2.05, 4.69) is 13.8 Å². The van der Waals surface area contributed by atoms with Crippen molar-refractivity contribution in [2.24, 2.45) is 0 Å². The Morgan fingerprint density at radius 3 is 2.22 bits per heavy atom. The van der Waals surface area contributed by atoms with Gasteiger partial charge in [-0.1, -0.05) is 6.92 Å². The molecule has 3 atom stereocenters. The second kappa shape index (κ2) is 10.3. The van der Waals surface area contributed by atoms with Crippen LogP contribution in [0.1, 0.15) is 20.3 Å². The zero-order valence-electron chi connectivity index (χ0n) is 12.6. The molecular formula is C11H20NO10P. The summed E-state index contributed by atoms with van der Waals surface area (Å²) in [4.78, 5) is 41.8. The van der Waals surface area contributed by atoms with Crippen LogP contribution in [0.25, 0.3) is 0 Å². The monoisotopic (exact) mass is 357 g/mol. The third-order valence-electron chi connectivity index (χ3n) is 2.24. The van der Waals surface area contributed by atoms with Crippen LogP contribution in [-0.4, -0.2) is 64.9 Å². The molecule has 0 spiro atoms. The molecule has 0 aromatic rings. The number of aliphatic hydroxyl groups is 1.